The lowest BCUT2D eigenvalue weighted by Gasteiger charge is -2.06. The summed E-state index contributed by atoms with van der Waals surface area (Å²) in [6.45, 7) is 4.09. The van der Waals surface area contributed by atoms with Crippen LogP contribution < -0.4 is 5.56 Å². The first-order valence-electron chi connectivity index (χ1n) is 7.89. The molecule has 7 heteroatoms. The first-order valence-corrected chi connectivity index (χ1v) is 9.76. The van der Waals surface area contributed by atoms with Crippen molar-refractivity contribution in [3.8, 4) is 11.1 Å². The number of thiophene rings is 1. The van der Waals surface area contributed by atoms with Crippen molar-refractivity contribution in [3.63, 3.8) is 0 Å². The third-order valence-electron chi connectivity index (χ3n) is 3.87. The van der Waals surface area contributed by atoms with Crippen molar-refractivity contribution in [2.24, 2.45) is 0 Å². The Labute approximate surface area is 153 Å². The number of H-pyrrole nitrogens is 1. The van der Waals surface area contributed by atoms with Gasteiger partial charge in [0, 0.05) is 23.1 Å². The summed E-state index contributed by atoms with van der Waals surface area (Å²) >= 11 is 2.83. The highest BCUT2D eigenvalue weighted by atomic mass is 32.2. The molecule has 0 saturated carbocycles. The van der Waals surface area contributed by atoms with Crippen LogP contribution in [0, 0.1) is 13.8 Å². The summed E-state index contributed by atoms with van der Waals surface area (Å²) in [4.78, 5) is 31.2. The smallest absolute Gasteiger partial charge is 0.303 e. The minimum Gasteiger partial charge on any atom is -0.481 e. The Morgan fingerprint density at radius 1 is 1.32 bits per heavy atom. The number of carbonyl (C=O) groups is 1. The van der Waals surface area contributed by atoms with Crippen molar-refractivity contribution >= 4 is 39.3 Å². The largest absolute Gasteiger partial charge is 0.481 e. The summed E-state index contributed by atoms with van der Waals surface area (Å²) in [6.07, 6.45) is 0.662. The molecule has 3 rings (SSSR count). The van der Waals surface area contributed by atoms with Gasteiger partial charge in [-0.05, 0) is 31.4 Å². The summed E-state index contributed by atoms with van der Waals surface area (Å²) < 4.78 is 0. The lowest BCUT2D eigenvalue weighted by atomic mass is 9.99. The average Bonchev–Trinajstić information content (AvgIpc) is 2.96. The summed E-state index contributed by atoms with van der Waals surface area (Å²) in [5.74, 6) is -0.204. The quantitative estimate of drug-likeness (QED) is 0.383. The van der Waals surface area contributed by atoms with Crippen molar-refractivity contribution in [2.75, 3.05) is 5.75 Å². The topological polar surface area (TPSA) is 83.0 Å². The number of fused-ring (bicyclic) bond motifs is 1. The molecule has 5 nitrogen and oxygen atoms in total. The molecule has 0 saturated heterocycles. The van der Waals surface area contributed by atoms with Gasteiger partial charge in [0.1, 0.15) is 4.83 Å². The van der Waals surface area contributed by atoms with Crippen LogP contribution >= 0.6 is 23.1 Å². The van der Waals surface area contributed by atoms with Gasteiger partial charge in [0.05, 0.1) is 5.39 Å². The van der Waals surface area contributed by atoms with Crippen molar-refractivity contribution in [2.45, 2.75) is 31.8 Å². The fraction of sp³-hybridized carbons (Fsp3) is 0.278. The standard InChI is InChI=1S/C18H18N2O3S2/c1-10-5-6-12(11(2)8-10)13-9-25-17-15(13)16(23)19-18(20-17)24-7-3-4-14(21)22/h5-6,8-9H,3-4,7H2,1-2H3,(H,21,22)(H,19,20,23). The molecular weight excluding hydrogens is 356 g/mol. The van der Waals surface area contributed by atoms with Crippen LogP contribution in [0.4, 0.5) is 0 Å². The fourth-order valence-corrected chi connectivity index (χ4v) is 4.50. The number of carboxylic acids is 1. The van der Waals surface area contributed by atoms with Crippen molar-refractivity contribution in [3.05, 3.63) is 45.1 Å². The van der Waals surface area contributed by atoms with Gasteiger partial charge >= 0.3 is 5.97 Å². The zero-order valence-electron chi connectivity index (χ0n) is 14.0. The number of nitrogens with zero attached hydrogens (tertiary/aromatic N) is 1. The van der Waals surface area contributed by atoms with Gasteiger partial charge in [-0.25, -0.2) is 4.98 Å². The monoisotopic (exact) mass is 374 g/mol. The van der Waals surface area contributed by atoms with E-state index < -0.39 is 5.97 Å². The first-order chi connectivity index (χ1) is 12.0. The van der Waals surface area contributed by atoms with E-state index in [1.54, 1.807) is 0 Å². The molecule has 0 bridgehead atoms. The van der Waals surface area contributed by atoms with E-state index in [1.165, 1.54) is 28.7 Å². The number of hydrogen-bond acceptors (Lipinski definition) is 5. The lowest BCUT2D eigenvalue weighted by Crippen LogP contribution is -2.09. The minimum atomic E-state index is -0.811. The van der Waals surface area contributed by atoms with E-state index in [0.717, 1.165) is 16.7 Å². The lowest BCUT2D eigenvalue weighted by molar-refractivity contribution is -0.137. The Bertz CT molecular complexity index is 992. The van der Waals surface area contributed by atoms with E-state index in [9.17, 15) is 9.59 Å². The molecule has 0 radical (unpaired) electrons. The number of carboxylic acid groups (broad SMARTS) is 1. The van der Waals surface area contributed by atoms with Gasteiger partial charge in [0.15, 0.2) is 5.16 Å². The molecule has 0 atom stereocenters. The molecule has 1 aromatic carbocycles. The Balaban J connectivity index is 1.91. The highest BCUT2D eigenvalue weighted by Crippen LogP contribution is 2.33. The second-order valence-corrected chi connectivity index (χ2v) is 7.81. The van der Waals surface area contributed by atoms with Crippen LogP contribution in [0.1, 0.15) is 24.0 Å². The molecule has 130 valence electrons. The zero-order valence-corrected chi connectivity index (χ0v) is 15.6. The normalized spacial score (nSPS) is 11.1. The average molecular weight is 374 g/mol. The number of benzene rings is 1. The SMILES string of the molecule is Cc1ccc(-c2csc3nc(SCCCC(=O)O)[nH]c(=O)c23)c(C)c1. The van der Waals surface area contributed by atoms with Crippen molar-refractivity contribution in [1.82, 2.24) is 9.97 Å². The summed E-state index contributed by atoms with van der Waals surface area (Å²) in [5, 5.41) is 11.8. The molecule has 0 aliphatic rings. The van der Waals surface area contributed by atoms with Gasteiger partial charge in [-0.15, -0.1) is 11.3 Å². The molecule has 2 heterocycles. The van der Waals surface area contributed by atoms with Gasteiger partial charge in [0.2, 0.25) is 0 Å². The van der Waals surface area contributed by atoms with Gasteiger partial charge in [0.25, 0.3) is 5.56 Å². The number of rotatable bonds is 6. The number of hydrogen-bond donors (Lipinski definition) is 2. The van der Waals surface area contributed by atoms with Crippen LogP contribution in [0.25, 0.3) is 21.3 Å². The number of aryl methyl sites for hydroxylation is 2. The third kappa shape index (κ3) is 3.93. The molecule has 25 heavy (non-hydrogen) atoms. The van der Waals surface area contributed by atoms with Crippen molar-refractivity contribution in [1.29, 1.82) is 0 Å². The maximum absolute atomic E-state index is 12.6. The molecule has 0 aliphatic heterocycles. The molecule has 2 N–H and O–H groups in total. The number of nitrogens with one attached hydrogen (secondary N) is 1. The van der Waals surface area contributed by atoms with Crippen LogP contribution in [-0.2, 0) is 4.79 Å². The van der Waals surface area contributed by atoms with E-state index >= 15 is 0 Å². The molecule has 0 fully saturated rings. The van der Waals surface area contributed by atoms with Gasteiger partial charge < -0.3 is 10.1 Å². The highest BCUT2D eigenvalue weighted by Gasteiger charge is 2.14. The molecule has 0 amide bonds. The molecular formula is C18H18N2O3S2. The van der Waals surface area contributed by atoms with Gasteiger partial charge in [-0.3, -0.25) is 9.59 Å². The Hall–Kier alpha value is -2.12. The van der Waals surface area contributed by atoms with Crippen LogP contribution in [0.5, 0.6) is 0 Å². The highest BCUT2D eigenvalue weighted by molar-refractivity contribution is 7.99. The number of aromatic amines is 1. The second kappa shape index (κ2) is 7.41. The third-order valence-corrected chi connectivity index (χ3v) is 5.70. The Morgan fingerprint density at radius 2 is 2.12 bits per heavy atom. The second-order valence-electron chi connectivity index (χ2n) is 5.86. The van der Waals surface area contributed by atoms with E-state index in [1.807, 2.05) is 31.4 Å². The zero-order chi connectivity index (χ0) is 18.0. The molecule has 2 aromatic heterocycles. The van der Waals surface area contributed by atoms with Crippen LogP contribution in [-0.4, -0.2) is 26.8 Å². The molecule has 3 aromatic rings. The van der Waals surface area contributed by atoms with Crippen LogP contribution in [0.3, 0.4) is 0 Å². The summed E-state index contributed by atoms with van der Waals surface area (Å²) in [5.41, 5.74) is 4.13. The Morgan fingerprint density at radius 3 is 2.84 bits per heavy atom. The van der Waals surface area contributed by atoms with E-state index in [2.05, 4.69) is 16.0 Å². The van der Waals surface area contributed by atoms with Crippen LogP contribution in [0.2, 0.25) is 0 Å². The van der Waals surface area contributed by atoms with Crippen LogP contribution in [0.15, 0.2) is 33.5 Å². The van der Waals surface area contributed by atoms with Gasteiger partial charge in [-0.2, -0.15) is 0 Å². The van der Waals surface area contributed by atoms with Crippen molar-refractivity contribution < 1.29 is 9.90 Å². The maximum atomic E-state index is 12.6. The van der Waals surface area contributed by atoms with E-state index in [-0.39, 0.29) is 12.0 Å². The summed E-state index contributed by atoms with van der Waals surface area (Å²) in [7, 11) is 0. The molecule has 0 unspecified atom stereocenters. The number of aromatic nitrogens is 2. The predicted octanol–water partition coefficient (Wildman–Crippen LogP) is 4.23. The predicted molar refractivity (Wildman–Crippen MR) is 103 cm³/mol. The number of thioether (sulfide) groups is 1. The summed E-state index contributed by atoms with van der Waals surface area (Å²) in [6, 6.07) is 6.19. The molecule has 0 aliphatic carbocycles. The van der Waals surface area contributed by atoms with Gasteiger partial charge in [-0.1, -0.05) is 35.5 Å². The Kier molecular flexibility index (Phi) is 5.24. The maximum Gasteiger partial charge on any atom is 0.303 e. The van der Waals surface area contributed by atoms with E-state index in [0.29, 0.717) is 27.5 Å². The number of aliphatic carboxylic acids is 1. The first kappa shape index (κ1) is 17.7. The van der Waals surface area contributed by atoms with E-state index in [4.69, 9.17) is 5.11 Å². The fourth-order valence-electron chi connectivity index (χ4n) is 2.70. The molecule has 0 spiro atoms. The minimum absolute atomic E-state index is 0.120.